The van der Waals surface area contributed by atoms with Gasteiger partial charge in [0.15, 0.2) is 0 Å². The zero-order chi connectivity index (χ0) is 14.2. The molecule has 1 saturated heterocycles. The number of nitrogens with zero attached hydrogens (tertiary/aromatic N) is 3. The van der Waals surface area contributed by atoms with Crippen LogP contribution in [0.5, 0.6) is 0 Å². The number of hydrogen-bond donors (Lipinski definition) is 1. The van der Waals surface area contributed by atoms with E-state index in [1.165, 1.54) is 12.8 Å². The minimum absolute atomic E-state index is 0.211. The molecule has 1 aliphatic carbocycles. The van der Waals surface area contributed by atoms with Gasteiger partial charge in [-0.1, -0.05) is 6.92 Å². The van der Waals surface area contributed by atoms with E-state index < -0.39 is 0 Å². The lowest BCUT2D eigenvalue weighted by atomic mass is 9.84. The predicted octanol–water partition coefficient (Wildman–Crippen LogP) is 2.22. The molecule has 1 N–H and O–H groups in total. The summed E-state index contributed by atoms with van der Waals surface area (Å²) in [5.41, 5.74) is 0.469. The van der Waals surface area contributed by atoms with Crippen LogP contribution in [-0.2, 0) is 6.54 Å². The van der Waals surface area contributed by atoms with E-state index in [-0.39, 0.29) is 11.1 Å². The Morgan fingerprint density at radius 3 is 2.60 bits per heavy atom. The van der Waals surface area contributed by atoms with Crippen LogP contribution in [0.15, 0.2) is 18.5 Å². The summed E-state index contributed by atoms with van der Waals surface area (Å²) in [4.78, 5) is 11.5. The van der Waals surface area contributed by atoms with E-state index in [9.17, 15) is 0 Å². The van der Waals surface area contributed by atoms with Gasteiger partial charge in [0, 0.05) is 36.6 Å². The fourth-order valence-corrected chi connectivity index (χ4v) is 3.33. The Bertz CT molecular complexity index is 459. The molecule has 20 heavy (non-hydrogen) atoms. The maximum atomic E-state index is 4.42. The maximum Gasteiger partial charge on any atom is 0.142 e. The van der Waals surface area contributed by atoms with Gasteiger partial charge in [0.25, 0.3) is 0 Å². The van der Waals surface area contributed by atoms with Crippen molar-refractivity contribution in [2.75, 3.05) is 13.1 Å². The summed E-state index contributed by atoms with van der Waals surface area (Å²) in [5.74, 6) is 1.78. The van der Waals surface area contributed by atoms with E-state index in [4.69, 9.17) is 0 Å². The van der Waals surface area contributed by atoms with Gasteiger partial charge in [-0.25, -0.2) is 9.97 Å². The van der Waals surface area contributed by atoms with Crippen molar-refractivity contribution in [3.63, 3.8) is 0 Å². The first kappa shape index (κ1) is 14.0. The Balaban J connectivity index is 1.81. The maximum absolute atomic E-state index is 4.42. The second-order valence-electron chi connectivity index (χ2n) is 6.92. The van der Waals surface area contributed by atoms with Gasteiger partial charge in [-0.3, -0.25) is 4.90 Å². The first-order chi connectivity index (χ1) is 9.56. The zero-order valence-electron chi connectivity index (χ0n) is 12.9. The highest BCUT2D eigenvalue weighted by Crippen LogP contribution is 2.45. The molecule has 0 spiro atoms. The van der Waals surface area contributed by atoms with Gasteiger partial charge < -0.3 is 5.32 Å². The number of nitrogens with one attached hydrogen (secondary N) is 1. The quantitative estimate of drug-likeness (QED) is 0.914. The lowest BCUT2D eigenvalue weighted by molar-refractivity contribution is -0.00311. The number of aromatic nitrogens is 2. The van der Waals surface area contributed by atoms with Crippen LogP contribution in [0.1, 0.15) is 45.9 Å². The monoisotopic (exact) mass is 274 g/mol. The smallest absolute Gasteiger partial charge is 0.142 e. The Labute approximate surface area is 122 Å². The molecule has 1 aliphatic heterocycles. The molecule has 0 bridgehead atoms. The summed E-state index contributed by atoms with van der Waals surface area (Å²) in [5, 5.41) is 3.79. The summed E-state index contributed by atoms with van der Waals surface area (Å²) in [6.07, 6.45) is 7.58. The Hall–Kier alpha value is -1.00. The highest BCUT2D eigenvalue weighted by Gasteiger charge is 2.50. The van der Waals surface area contributed by atoms with E-state index in [2.05, 4.69) is 41.0 Å². The minimum atomic E-state index is 0.211. The molecule has 2 atom stereocenters. The average Bonchev–Trinajstić information content (AvgIpc) is 3.29. The normalized spacial score (nSPS) is 35.1. The molecule has 2 fully saturated rings. The molecule has 2 aliphatic rings. The molecule has 3 rings (SSSR count). The first-order valence-corrected chi connectivity index (χ1v) is 7.82. The molecule has 2 heterocycles. The van der Waals surface area contributed by atoms with Gasteiger partial charge >= 0.3 is 0 Å². The summed E-state index contributed by atoms with van der Waals surface area (Å²) in [6, 6.07) is 1.89. The van der Waals surface area contributed by atoms with Crippen molar-refractivity contribution < 1.29 is 0 Å². The van der Waals surface area contributed by atoms with Crippen molar-refractivity contribution in [3.8, 4) is 0 Å². The van der Waals surface area contributed by atoms with E-state index in [1.807, 2.05) is 18.5 Å². The molecule has 1 aromatic rings. The fraction of sp³-hybridized carbons (Fsp3) is 0.750. The molecule has 4 nitrogen and oxygen atoms in total. The molecular formula is C16H26N4. The van der Waals surface area contributed by atoms with Crippen molar-refractivity contribution in [1.29, 1.82) is 0 Å². The summed E-state index contributed by atoms with van der Waals surface area (Å²) < 4.78 is 0. The molecule has 0 aromatic carbocycles. The number of piperazine rings is 1. The molecule has 1 saturated carbocycles. The minimum Gasteiger partial charge on any atom is -0.308 e. The van der Waals surface area contributed by atoms with Crippen LogP contribution >= 0.6 is 0 Å². The Kier molecular flexibility index (Phi) is 3.55. The summed E-state index contributed by atoms with van der Waals surface area (Å²) in [6.45, 7) is 10.0. The van der Waals surface area contributed by atoms with Crippen LogP contribution in [0.25, 0.3) is 0 Å². The van der Waals surface area contributed by atoms with Crippen LogP contribution in [0, 0.1) is 5.92 Å². The van der Waals surface area contributed by atoms with Gasteiger partial charge in [0.2, 0.25) is 0 Å². The van der Waals surface area contributed by atoms with Crippen LogP contribution in [-0.4, -0.2) is 39.0 Å². The zero-order valence-corrected chi connectivity index (χ0v) is 12.9. The molecule has 110 valence electrons. The Morgan fingerprint density at radius 2 is 2.00 bits per heavy atom. The van der Waals surface area contributed by atoms with Crippen molar-refractivity contribution >= 4 is 0 Å². The van der Waals surface area contributed by atoms with Crippen LogP contribution < -0.4 is 5.32 Å². The lowest BCUT2D eigenvalue weighted by Crippen LogP contribution is -2.68. The second-order valence-corrected chi connectivity index (χ2v) is 6.92. The topological polar surface area (TPSA) is 41.1 Å². The third kappa shape index (κ3) is 2.59. The van der Waals surface area contributed by atoms with E-state index in [1.54, 1.807) is 0 Å². The summed E-state index contributed by atoms with van der Waals surface area (Å²) in [7, 11) is 0. The average molecular weight is 274 g/mol. The van der Waals surface area contributed by atoms with Gasteiger partial charge in [-0.15, -0.1) is 0 Å². The summed E-state index contributed by atoms with van der Waals surface area (Å²) >= 11 is 0. The Morgan fingerprint density at radius 1 is 1.30 bits per heavy atom. The largest absolute Gasteiger partial charge is 0.308 e. The molecular weight excluding hydrogens is 248 g/mol. The van der Waals surface area contributed by atoms with E-state index in [0.717, 1.165) is 37.8 Å². The number of hydrogen-bond acceptors (Lipinski definition) is 4. The van der Waals surface area contributed by atoms with Crippen LogP contribution in [0.2, 0.25) is 0 Å². The standard InChI is InChI=1S/C16H26N4/c1-4-15(2)12-20(10-14-17-8-5-9-18-14)16(3,11-19-15)13-6-7-13/h5,8-9,13,19H,4,6-7,10-12H2,1-3H3. The second kappa shape index (κ2) is 5.08. The van der Waals surface area contributed by atoms with Crippen LogP contribution in [0.3, 0.4) is 0 Å². The fourth-order valence-electron chi connectivity index (χ4n) is 3.33. The number of rotatable bonds is 4. The highest BCUT2D eigenvalue weighted by molar-refractivity contribution is 5.08. The molecule has 2 unspecified atom stereocenters. The SMILES string of the molecule is CCC1(C)CN(Cc2ncccn2)C(C)(C2CC2)CN1. The third-order valence-corrected chi connectivity index (χ3v) is 5.32. The van der Waals surface area contributed by atoms with Crippen molar-refractivity contribution in [2.24, 2.45) is 5.92 Å². The van der Waals surface area contributed by atoms with Gasteiger partial charge in [0.1, 0.15) is 5.82 Å². The van der Waals surface area contributed by atoms with Gasteiger partial charge in [0.05, 0.1) is 6.54 Å². The third-order valence-electron chi connectivity index (χ3n) is 5.32. The van der Waals surface area contributed by atoms with E-state index >= 15 is 0 Å². The molecule has 0 radical (unpaired) electrons. The van der Waals surface area contributed by atoms with Gasteiger partial charge in [-0.2, -0.15) is 0 Å². The lowest BCUT2D eigenvalue weighted by Gasteiger charge is -2.52. The molecule has 0 amide bonds. The molecule has 4 heteroatoms. The van der Waals surface area contributed by atoms with Crippen molar-refractivity contribution in [3.05, 3.63) is 24.3 Å². The van der Waals surface area contributed by atoms with Crippen LogP contribution in [0.4, 0.5) is 0 Å². The van der Waals surface area contributed by atoms with Crippen molar-refractivity contribution in [2.45, 2.75) is 57.7 Å². The highest BCUT2D eigenvalue weighted by atomic mass is 15.3. The van der Waals surface area contributed by atoms with E-state index in [0.29, 0.717) is 0 Å². The first-order valence-electron chi connectivity index (χ1n) is 7.82. The predicted molar refractivity (Wildman–Crippen MR) is 80.3 cm³/mol. The van der Waals surface area contributed by atoms with Crippen molar-refractivity contribution in [1.82, 2.24) is 20.2 Å². The molecule has 1 aromatic heterocycles. The van der Waals surface area contributed by atoms with Gasteiger partial charge in [-0.05, 0) is 45.1 Å².